The highest BCUT2D eigenvalue weighted by Crippen LogP contribution is 2.31. The lowest BCUT2D eigenvalue weighted by Gasteiger charge is -2.14. The number of nitrogens with zero attached hydrogens (tertiary/aromatic N) is 1. The van der Waals surface area contributed by atoms with Gasteiger partial charge in [-0.2, -0.15) is 0 Å². The van der Waals surface area contributed by atoms with Crippen molar-refractivity contribution in [2.45, 2.75) is 26.7 Å². The molecule has 19 heavy (non-hydrogen) atoms. The molecule has 1 heterocycles. The predicted octanol–water partition coefficient (Wildman–Crippen LogP) is 4.68. The van der Waals surface area contributed by atoms with E-state index in [1.54, 1.807) is 0 Å². The normalized spacial score (nSPS) is 10.6. The largest absolute Gasteiger partial charge is 0.438 e. The number of ether oxygens (including phenoxy) is 1. The first-order valence-corrected chi connectivity index (χ1v) is 6.51. The Morgan fingerprint density at radius 2 is 1.89 bits per heavy atom. The molecule has 100 valence electrons. The third-order valence-electron chi connectivity index (χ3n) is 3.11. The molecule has 2 aromatic rings. The van der Waals surface area contributed by atoms with Crippen LogP contribution in [0.2, 0.25) is 0 Å². The van der Waals surface area contributed by atoms with Crippen LogP contribution in [0.15, 0.2) is 24.4 Å². The smallest absolute Gasteiger partial charge is 0.223 e. The second kappa shape index (κ2) is 5.57. The molecule has 0 saturated carbocycles. The zero-order valence-corrected chi connectivity index (χ0v) is 11.9. The van der Waals surface area contributed by atoms with Crippen molar-refractivity contribution in [2.24, 2.45) is 0 Å². The zero-order valence-electron chi connectivity index (χ0n) is 11.1. The van der Waals surface area contributed by atoms with Crippen LogP contribution in [0.5, 0.6) is 11.6 Å². The van der Waals surface area contributed by atoms with Gasteiger partial charge in [-0.15, -0.1) is 11.6 Å². The van der Waals surface area contributed by atoms with Crippen LogP contribution in [0.4, 0.5) is 4.39 Å². The molecule has 0 spiro atoms. The van der Waals surface area contributed by atoms with Crippen molar-refractivity contribution in [3.05, 3.63) is 52.5 Å². The van der Waals surface area contributed by atoms with E-state index in [-0.39, 0.29) is 5.88 Å². The predicted molar refractivity (Wildman–Crippen MR) is 74.5 cm³/mol. The molecule has 0 N–H and O–H groups in total. The van der Waals surface area contributed by atoms with Gasteiger partial charge in [-0.05, 0) is 43.5 Å². The van der Waals surface area contributed by atoms with E-state index in [1.165, 1.54) is 6.07 Å². The maximum absolute atomic E-state index is 13.1. The van der Waals surface area contributed by atoms with Gasteiger partial charge in [-0.25, -0.2) is 9.37 Å². The van der Waals surface area contributed by atoms with Gasteiger partial charge in [0.1, 0.15) is 11.6 Å². The van der Waals surface area contributed by atoms with Crippen LogP contribution >= 0.6 is 11.6 Å². The maximum Gasteiger partial charge on any atom is 0.223 e. The highest BCUT2D eigenvalue weighted by molar-refractivity contribution is 6.17. The molecule has 0 atom stereocenters. The van der Waals surface area contributed by atoms with E-state index in [0.29, 0.717) is 11.4 Å². The second-order valence-corrected chi connectivity index (χ2v) is 4.77. The van der Waals surface area contributed by atoms with E-state index in [2.05, 4.69) is 4.98 Å². The topological polar surface area (TPSA) is 22.1 Å². The van der Waals surface area contributed by atoms with Crippen LogP contribution < -0.4 is 4.74 Å². The lowest BCUT2D eigenvalue weighted by atomic mass is 10.1. The molecule has 1 aromatic heterocycles. The number of hydrogen-bond acceptors (Lipinski definition) is 2. The van der Waals surface area contributed by atoms with Crippen LogP contribution in [0.1, 0.15) is 22.3 Å². The molecular weight excluding hydrogens is 265 g/mol. The lowest BCUT2D eigenvalue weighted by molar-refractivity contribution is 0.447. The molecule has 0 unspecified atom stereocenters. The molecule has 2 rings (SSSR count). The number of hydrogen-bond donors (Lipinski definition) is 0. The Hall–Kier alpha value is -1.61. The average Bonchev–Trinajstić information content (AvgIpc) is 2.40. The quantitative estimate of drug-likeness (QED) is 0.761. The first-order chi connectivity index (χ1) is 9.02. The van der Waals surface area contributed by atoms with Crippen molar-refractivity contribution in [3.63, 3.8) is 0 Å². The Balaban J connectivity index is 2.44. The summed E-state index contributed by atoms with van der Waals surface area (Å²) in [5.41, 5.74) is 3.73. The summed E-state index contributed by atoms with van der Waals surface area (Å²) < 4.78 is 19.0. The fourth-order valence-electron chi connectivity index (χ4n) is 1.84. The van der Waals surface area contributed by atoms with Gasteiger partial charge in [0.15, 0.2) is 0 Å². The van der Waals surface area contributed by atoms with Gasteiger partial charge in [0.05, 0.1) is 12.1 Å². The Bertz CT molecular complexity index is 613. The van der Waals surface area contributed by atoms with E-state index >= 15 is 0 Å². The van der Waals surface area contributed by atoms with E-state index in [0.717, 1.165) is 28.6 Å². The van der Waals surface area contributed by atoms with Crippen LogP contribution in [0, 0.1) is 26.6 Å². The molecule has 0 fully saturated rings. The summed E-state index contributed by atoms with van der Waals surface area (Å²) >= 11 is 5.79. The standard InChI is InChI=1S/C15H15ClFNO/c1-9-4-5-10(2)14(11(9)3)19-15-12(7-16)6-13(17)8-18-15/h4-6,8H,7H2,1-3H3. The second-order valence-electron chi connectivity index (χ2n) is 4.51. The Morgan fingerprint density at radius 1 is 1.21 bits per heavy atom. The van der Waals surface area contributed by atoms with Gasteiger partial charge in [0.2, 0.25) is 5.88 Å². The van der Waals surface area contributed by atoms with Gasteiger partial charge in [0.25, 0.3) is 0 Å². The highest BCUT2D eigenvalue weighted by Gasteiger charge is 2.12. The molecule has 0 saturated heterocycles. The number of alkyl halides is 1. The lowest BCUT2D eigenvalue weighted by Crippen LogP contribution is -1.98. The summed E-state index contributed by atoms with van der Waals surface area (Å²) in [5.74, 6) is 0.851. The number of benzene rings is 1. The third-order valence-corrected chi connectivity index (χ3v) is 3.40. The molecule has 1 aromatic carbocycles. The fourth-order valence-corrected chi connectivity index (χ4v) is 2.03. The minimum absolute atomic E-state index is 0.157. The van der Waals surface area contributed by atoms with Gasteiger partial charge in [-0.1, -0.05) is 12.1 Å². The van der Waals surface area contributed by atoms with Crippen LogP contribution in [-0.4, -0.2) is 4.98 Å². The van der Waals surface area contributed by atoms with Gasteiger partial charge in [-0.3, -0.25) is 0 Å². The van der Waals surface area contributed by atoms with Crippen molar-refractivity contribution >= 4 is 11.6 Å². The third kappa shape index (κ3) is 2.87. The number of pyridine rings is 1. The Kier molecular flexibility index (Phi) is 4.05. The first-order valence-electron chi connectivity index (χ1n) is 5.98. The number of aromatic nitrogens is 1. The molecule has 0 aliphatic rings. The molecule has 0 amide bonds. The molecular formula is C15H15ClFNO. The van der Waals surface area contributed by atoms with Crippen molar-refractivity contribution < 1.29 is 9.13 Å². The van der Waals surface area contributed by atoms with Crippen molar-refractivity contribution in [1.82, 2.24) is 4.98 Å². The van der Waals surface area contributed by atoms with Crippen molar-refractivity contribution in [1.29, 1.82) is 0 Å². The van der Waals surface area contributed by atoms with E-state index < -0.39 is 5.82 Å². The van der Waals surface area contributed by atoms with E-state index in [4.69, 9.17) is 16.3 Å². The van der Waals surface area contributed by atoms with Gasteiger partial charge >= 0.3 is 0 Å². The number of aryl methyl sites for hydroxylation is 2. The summed E-state index contributed by atoms with van der Waals surface area (Å²) in [6.45, 7) is 5.97. The minimum atomic E-state index is -0.416. The molecule has 0 aliphatic carbocycles. The van der Waals surface area contributed by atoms with Crippen LogP contribution in [0.25, 0.3) is 0 Å². The van der Waals surface area contributed by atoms with Gasteiger partial charge < -0.3 is 4.74 Å². The molecule has 2 nitrogen and oxygen atoms in total. The average molecular weight is 280 g/mol. The summed E-state index contributed by atoms with van der Waals surface area (Å²) in [6, 6.07) is 5.37. The molecule has 4 heteroatoms. The van der Waals surface area contributed by atoms with E-state index in [1.807, 2.05) is 32.9 Å². The molecule has 0 bridgehead atoms. The Labute approximate surface area is 117 Å². The Morgan fingerprint density at radius 3 is 2.58 bits per heavy atom. The fraction of sp³-hybridized carbons (Fsp3) is 0.267. The van der Waals surface area contributed by atoms with Gasteiger partial charge in [0, 0.05) is 5.56 Å². The number of halogens is 2. The number of rotatable bonds is 3. The first kappa shape index (κ1) is 13.8. The summed E-state index contributed by atoms with van der Waals surface area (Å²) in [5, 5.41) is 0. The molecule has 0 aliphatic heterocycles. The van der Waals surface area contributed by atoms with Crippen LogP contribution in [-0.2, 0) is 5.88 Å². The summed E-state index contributed by atoms with van der Waals surface area (Å²) in [4.78, 5) is 3.97. The summed E-state index contributed by atoms with van der Waals surface area (Å²) in [7, 11) is 0. The molecule has 0 radical (unpaired) electrons. The van der Waals surface area contributed by atoms with Crippen molar-refractivity contribution in [3.8, 4) is 11.6 Å². The summed E-state index contributed by atoms with van der Waals surface area (Å²) in [6.07, 6.45) is 1.13. The zero-order chi connectivity index (χ0) is 14.0. The van der Waals surface area contributed by atoms with Crippen molar-refractivity contribution in [2.75, 3.05) is 0 Å². The van der Waals surface area contributed by atoms with E-state index in [9.17, 15) is 4.39 Å². The highest BCUT2D eigenvalue weighted by atomic mass is 35.5. The van der Waals surface area contributed by atoms with Crippen LogP contribution in [0.3, 0.4) is 0 Å². The maximum atomic E-state index is 13.1. The monoisotopic (exact) mass is 279 g/mol. The minimum Gasteiger partial charge on any atom is -0.438 e. The SMILES string of the molecule is Cc1ccc(C)c(Oc2ncc(F)cc2CCl)c1C.